The van der Waals surface area contributed by atoms with Gasteiger partial charge in [-0.05, 0) is 12.8 Å². The van der Waals surface area contributed by atoms with Crippen LogP contribution in [0, 0.1) is 5.92 Å². The van der Waals surface area contributed by atoms with Crippen LogP contribution >= 0.6 is 0 Å². The van der Waals surface area contributed by atoms with Gasteiger partial charge in [-0.25, -0.2) is 5.43 Å². The van der Waals surface area contributed by atoms with Gasteiger partial charge in [0.2, 0.25) is 6.54 Å². The Hall–Kier alpha value is -1.71. The van der Waals surface area contributed by atoms with Gasteiger partial charge in [0.15, 0.2) is 12.4 Å². The Morgan fingerprint density at radius 1 is 1.31 bits per heavy atom. The number of aromatic nitrogens is 1. The molecule has 0 radical (unpaired) electrons. The van der Waals surface area contributed by atoms with E-state index in [1.807, 2.05) is 51.4 Å². The lowest BCUT2D eigenvalue weighted by molar-refractivity contribution is -0.684. The summed E-state index contributed by atoms with van der Waals surface area (Å²) < 4.78 is 1.80. The summed E-state index contributed by atoms with van der Waals surface area (Å²) in [5.41, 5.74) is 3.46. The number of carbonyl (C=O) groups is 1. The van der Waals surface area contributed by atoms with E-state index in [1.165, 1.54) is 0 Å². The van der Waals surface area contributed by atoms with E-state index in [0.717, 1.165) is 5.71 Å². The minimum atomic E-state index is -0.115. The van der Waals surface area contributed by atoms with Crippen molar-refractivity contribution in [3.05, 3.63) is 30.6 Å². The van der Waals surface area contributed by atoms with E-state index in [9.17, 15) is 4.79 Å². The van der Waals surface area contributed by atoms with Gasteiger partial charge in [-0.2, -0.15) is 9.67 Å². The van der Waals surface area contributed by atoms with Gasteiger partial charge in [0.1, 0.15) is 0 Å². The summed E-state index contributed by atoms with van der Waals surface area (Å²) >= 11 is 0. The zero-order valence-corrected chi connectivity index (χ0v) is 9.97. The molecule has 1 amide bonds. The molecule has 0 saturated carbocycles. The average molecular weight is 220 g/mol. The summed E-state index contributed by atoms with van der Waals surface area (Å²) in [4.78, 5) is 11.5. The Balaban J connectivity index is 2.46. The van der Waals surface area contributed by atoms with Gasteiger partial charge in [-0.1, -0.05) is 19.9 Å². The SMILES string of the molecule is C/C(=N\NC(=O)C[n+]1ccccc1)C(C)C. The summed E-state index contributed by atoms with van der Waals surface area (Å²) in [6.45, 7) is 6.27. The summed E-state index contributed by atoms with van der Waals surface area (Å²) in [6, 6.07) is 5.68. The average Bonchev–Trinajstić information content (AvgIpc) is 2.27. The van der Waals surface area contributed by atoms with Crippen molar-refractivity contribution in [3.8, 4) is 0 Å². The molecule has 0 aliphatic carbocycles. The Labute approximate surface area is 96.0 Å². The van der Waals surface area contributed by atoms with Crippen LogP contribution in [0.5, 0.6) is 0 Å². The quantitative estimate of drug-likeness (QED) is 0.461. The molecular formula is C12H18N3O+. The number of rotatable bonds is 4. The zero-order chi connectivity index (χ0) is 12.0. The first-order valence-corrected chi connectivity index (χ1v) is 5.36. The molecule has 0 bridgehead atoms. The monoisotopic (exact) mass is 220 g/mol. The number of pyridine rings is 1. The van der Waals surface area contributed by atoms with Crippen molar-refractivity contribution in [1.82, 2.24) is 5.43 Å². The van der Waals surface area contributed by atoms with Crippen LogP contribution in [0.2, 0.25) is 0 Å². The summed E-state index contributed by atoms with van der Waals surface area (Å²) in [5.74, 6) is 0.237. The van der Waals surface area contributed by atoms with Crippen molar-refractivity contribution in [2.75, 3.05) is 0 Å². The second kappa shape index (κ2) is 6.00. The topological polar surface area (TPSA) is 45.3 Å². The van der Waals surface area contributed by atoms with Crippen molar-refractivity contribution in [1.29, 1.82) is 0 Å². The maximum absolute atomic E-state index is 11.5. The fraction of sp³-hybridized carbons (Fsp3) is 0.417. The lowest BCUT2D eigenvalue weighted by Crippen LogP contribution is -2.41. The van der Waals surface area contributed by atoms with Crippen LogP contribution < -0.4 is 9.99 Å². The first kappa shape index (κ1) is 12.4. The molecule has 4 heteroatoms. The molecule has 1 aromatic rings. The van der Waals surface area contributed by atoms with Crippen LogP contribution in [0.15, 0.2) is 35.7 Å². The molecule has 1 rings (SSSR count). The smallest absolute Gasteiger partial charge is 0.266 e. The Morgan fingerprint density at radius 2 is 1.94 bits per heavy atom. The first-order chi connectivity index (χ1) is 7.59. The van der Waals surface area contributed by atoms with Gasteiger partial charge in [0.05, 0.1) is 0 Å². The number of nitrogens with one attached hydrogen (secondary N) is 1. The molecule has 1 aromatic heterocycles. The molecular weight excluding hydrogens is 202 g/mol. The highest BCUT2D eigenvalue weighted by molar-refractivity contribution is 5.85. The predicted octanol–water partition coefficient (Wildman–Crippen LogP) is 1.12. The van der Waals surface area contributed by atoms with E-state index in [2.05, 4.69) is 10.5 Å². The molecule has 16 heavy (non-hydrogen) atoms. The molecule has 0 aromatic carbocycles. The Bertz CT molecular complexity index is 371. The fourth-order valence-corrected chi connectivity index (χ4v) is 1.02. The van der Waals surface area contributed by atoms with E-state index >= 15 is 0 Å². The first-order valence-electron chi connectivity index (χ1n) is 5.36. The second-order valence-corrected chi connectivity index (χ2v) is 3.99. The molecule has 4 nitrogen and oxygen atoms in total. The van der Waals surface area contributed by atoms with Crippen LogP contribution in [0.25, 0.3) is 0 Å². The molecule has 0 aliphatic rings. The number of nitrogens with zero attached hydrogens (tertiary/aromatic N) is 2. The van der Waals surface area contributed by atoms with Crippen LogP contribution in [0.3, 0.4) is 0 Å². The van der Waals surface area contributed by atoms with Gasteiger partial charge in [-0.15, -0.1) is 0 Å². The molecule has 0 fully saturated rings. The van der Waals surface area contributed by atoms with Gasteiger partial charge < -0.3 is 0 Å². The molecule has 0 spiro atoms. The Kier molecular flexibility index (Phi) is 4.64. The third-order valence-corrected chi connectivity index (χ3v) is 2.30. The molecule has 0 unspecified atom stereocenters. The largest absolute Gasteiger partial charge is 0.305 e. The highest BCUT2D eigenvalue weighted by Crippen LogP contribution is 1.94. The third-order valence-electron chi connectivity index (χ3n) is 2.30. The van der Waals surface area contributed by atoms with Crippen LogP contribution in [-0.2, 0) is 11.3 Å². The number of amides is 1. The number of hydrogen-bond donors (Lipinski definition) is 1. The molecule has 0 saturated heterocycles. The molecule has 0 atom stereocenters. The number of carbonyl (C=O) groups excluding carboxylic acids is 1. The molecule has 86 valence electrons. The predicted molar refractivity (Wildman–Crippen MR) is 62.7 cm³/mol. The van der Waals surface area contributed by atoms with E-state index in [4.69, 9.17) is 0 Å². The highest BCUT2D eigenvalue weighted by Gasteiger charge is 2.07. The fourth-order valence-electron chi connectivity index (χ4n) is 1.02. The van der Waals surface area contributed by atoms with E-state index < -0.39 is 0 Å². The van der Waals surface area contributed by atoms with Crippen molar-refractivity contribution in [3.63, 3.8) is 0 Å². The standard InChI is InChI=1S/C12H17N3O/c1-10(2)11(3)13-14-12(16)9-15-7-5-4-6-8-15/h4-8,10H,9H2,1-3H3/p+1/b13-11+. The molecule has 0 aliphatic heterocycles. The van der Waals surface area contributed by atoms with Crippen LogP contribution in [0.1, 0.15) is 20.8 Å². The summed E-state index contributed by atoms with van der Waals surface area (Å²) in [6.07, 6.45) is 3.69. The minimum Gasteiger partial charge on any atom is -0.266 e. The summed E-state index contributed by atoms with van der Waals surface area (Å²) in [7, 11) is 0. The summed E-state index contributed by atoms with van der Waals surface area (Å²) in [5, 5.41) is 4.02. The van der Waals surface area contributed by atoms with Crippen LogP contribution in [-0.4, -0.2) is 11.6 Å². The molecule has 1 heterocycles. The number of hydrogen-bond acceptors (Lipinski definition) is 2. The van der Waals surface area contributed by atoms with Crippen molar-refractivity contribution in [2.45, 2.75) is 27.3 Å². The van der Waals surface area contributed by atoms with Crippen molar-refractivity contribution in [2.24, 2.45) is 11.0 Å². The van der Waals surface area contributed by atoms with Gasteiger partial charge in [-0.3, -0.25) is 4.79 Å². The van der Waals surface area contributed by atoms with Crippen molar-refractivity contribution < 1.29 is 9.36 Å². The lowest BCUT2D eigenvalue weighted by atomic mass is 10.1. The van der Waals surface area contributed by atoms with Crippen LogP contribution in [0.4, 0.5) is 0 Å². The highest BCUT2D eigenvalue weighted by atomic mass is 16.2. The maximum Gasteiger partial charge on any atom is 0.305 e. The van der Waals surface area contributed by atoms with Gasteiger partial charge in [0.25, 0.3) is 0 Å². The van der Waals surface area contributed by atoms with E-state index in [1.54, 1.807) is 4.57 Å². The zero-order valence-electron chi connectivity index (χ0n) is 9.97. The van der Waals surface area contributed by atoms with E-state index in [0.29, 0.717) is 5.92 Å². The van der Waals surface area contributed by atoms with Crippen molar-refractivity contribution >= 4 is 11.6 Å². The molecule has 1 N–H and O–H groups in total. The third kappa shape index (κ3) is 4.21. The van der Waals surface area contributed by atoms with Gasteiger partial charge in [0, 0.05) is 17.8 Å². The van der Waals surface area contributed by atoms with E-state index in [-0.39, 0.29) is 12.5 Å². The van der Waals surface area contributed by atoms with Gasteiger partial charge >= 0.3 is 5.91 Å². The Morgan fingerprint density at radius 3 is 2.50 bits per heavy atom. The normalized spacial score (nSPS) is 11.6. The minimum absolute atomic E-state index is 0.115. The maximum atomic E-state index is 11.5. The number of hydrazone groups is 1. The second-order valence-electron chi connectivity index (χ2n) is 3.99. The lowest BCUT2D eigenvalue weighted by Gasteiger charge is -2.03.